The van der Waals surface area contributed by atoms with Gasteiger partial charge in [-0.15, -0.1) is 0 Å². The van der Waals surface area contributed by atoms with Crippen LogP contribution in [-0.4, -0.2) is 32.0 Å². The fourth-order valence-electron chi connectivity index (χ4n) is 0.546. The van der Waals surface area contributed by atoms with E-state index < -0.39 is 32.0 Å². The molecule has 0 radical (unpaired) electrons. The van der Waals surface area contributed by atoms with Crippen molar-refractivity contribution in [2.45, 2.75) is 5.79 Å². The normalized spacial score (nSPS) is 9.25. The van der Waals surface area contributed by atoms with Gasteiger partial charge in [0.1, 0.15) is 0 Å². The summed E-state index contributed by atoms with van der Waals surface area (Å²) in [5, 5.41) is 40.0. The van der Waals surface area contributed by atoms with Crippen molar-refractivity contribution in [2.75, 3.05) is 6.54 Å². The fourth-order valence-corrected chi connectivity index (χ4v) is 0.546. The summed E-state index contributed by atoms with van der Waals surface area (Å²) in [6.45, 7) is -2.01. The second kappa shape index (κ2) is 8.89. The zero-order valence-electron chi connectivity index (χ0n) is 8.26. The van der Waals surface area contributed by atoms with Crippen LogP contribution in [0.2, 0.25) is 0 Å². The van der Waals surface area contributed by atoms with E-state index in [1.807, 2.05) is 0 Å². The van der Waals surface area contributed by atoms with Crippen molar-refractivity contribution in [3.63, 3.8) is 0 Å². The first-order valence-electron chi connectivity index (χ1n) is 2.80. The van der Waals surface area contributed by atoms with Gasteiger partial charge in [-0.25, -0.2) is 0 Å². The van der Waals surface area contributed by atoms with Crippen molar-refractivity contribution in [2.24, 2.45) is 0 Å². The van der Waals surface area contributed by atoms with Gasteiger partial charge in [-0.05, 0) is 0 Å². The summed E-state index contributed by atoms with van der Waals surface area (Å²) >= 11 is 0. The van der Waals surface area contributed by atoms with Crippen LogP contribution in [0, 0.1) is 40.5 Å². The quantitative estimate of drug-likeness (QED) is 0.207. The Morgan fingerprint density at radius 1 is 0.750 bits per heavy atom. The molecule has 14 heteroatoms. The largest absolute Gasteiger partial charge is 1.00 e. The molecule has 78 valence electrons. The fraction of sp³-hybridized carbons (Fsp3) is 1.00. The number of hydrogen-bond acceptors (Lipinski definition) is 8. The van der Waals surface area contributed by atoms with Gasteiger partial charge >= 0.3 is 115 Å². The molecule has 0 saturated heterocycles. The van der Waals surface area contributed by atoms with Crippen molar-refractivity contribution in [1.29, 1.82) is 0 Å². The van der Waals surface area contributed by atoms with Gasteiger partial charge in [0.15, 0.2) is 14.8 Å². The van der Waals surface area contributed by atoms with Crippen LogP contribution in [0.4, 0.5) is 0 Å². The van der Waals surface area contributed by atoms with E-state index in [0.29, 0.717) is 0 Å². The van der Waals surface area contributed by atoms with Gasteiger partial charge in [0.2, 0.25) is 0 Å². The molecule has 0 bridgehead atoms. The molecule has 16 heavy (non-hydrogen) atoms. The Hall–Kier alpha value is 0.873. The molecule has 0 aliphatic carbocycles. The van der Waals surface area contributed by atoms with E-state index in [9.17, 15) is 40.5 Å². The van der Waals surface area contributed by atoms with Gasteiger partial charge in [0.05, 0.1) is 0 Å². The summed E-state index contributed by atoms with van der Waals surface area (Å²) in [5.41, 5.74) is 0. The van der Waals surface area contributed by atoms with Crippen LogP contribution in [0.1, 0.15) is 0 Å². The summed E-state index contributed by atoms with van der Waals surface area (Å²) in [4.78, 5) is 32.8. The van der Waals surface area contributed by atoms with Crippen molar-refractivity contribution >= 4 is 0 Å². The van der Waals surface area contributed by atoms with E-state index >= 15 is 0 Å². The van der Waals surface area contributed by atoms with Crippen LogP contribution in [0.25, 0.3) is 0 Å². The zero-order valence-corrected chi connectivity index (χ0v) is 14.5. The van der Waals surface area contributed by atoms with E-state index in [0.717, 1.165) is 0 Å². The van der Waals surface area contributed by atoms with Gasteiger partial charge in [0.25, 0.3) is 0 Å². The average molecular weight is 288 g/mol. The molecule has 0 atom stereocenters. The third kappa shape index (κ3) is 5.02. The summed E-state index contributed by atoms with van der Waals surface area (Å²) in [5.74, 6) is -4.01. The Morgan fingerprint density at radius 3 is 1.06 bits per heavy atom. The predicted octanol–water partition coefficient (Wildman–Crippen LogP) is -7.24. The predicted molar refractivity (Wildman–Crippen MR) is 35.6 cm³/mol. The van der Waals surface area contributed by atoms with E-state index in [-0.39, 0.29) is 103 Å². The molecule has 0 aromatic rings. The Kier molecular flexibility index (Phi) is 12.3. The van der Waals surface area contributed by atoms with Gasteiger partial charge in [-0.1, -0.05) is 0 Å². The van der Waals surface area contributed by atoms with Crippen molar-refractivity contribution in [3.05, 3.63) is 40.5 Å². The van der Waals surface area contributed by atoms with E-state index in [1.54, 1.807) is 0 Å². The minimum atomic E-state index is -4.01. The van der Waals surface area contributed by atoms with E-state index in [2.05, 4.69) is 0 Å². The molecule has 0 aliphatic heterocycles. The van der Waals surface area contributed by atoms with Crippen LogP contribution >= 0.6 is 0 Å². The standard InChI is InChI=1S/C2H2N4O8.2K/c7-3(8)1-2(4(9)10,5(11)12)6(13)14;;/h1H2;;/q;2*+1. The van der Waals surface area contributed by atoms with Crippen LogP contribution < -0.4 is 103 Å². The number of rotatable bonds is 5. The molecule has 0 rings (SSSR count). The molecule has 0 aromatic heterocycles. The van der Waals surface area contributed by atoms with Crippen molar-refractivity contribution in [3.8, 4) is 0 Å². The monoisotopic (exact) mass is 288 g/mol. The van der Waals surface area contributed by atoms with Crippen LogP contribution in [-0.2, 0) is 0 Å². The Balaban J connectivity index is -0.000000845. The zero-order chi connectivity index (χ0) is 11.5. The molecular formula is C2H2K2N4O8+2. The molecule has 0 unspecified atom stereocenters. The first-order chi connectivity index (χ1) is 6.25. The first-order valence-corrected chi connectivity index (χ1v) is 2.80. The maximum Gasteiger partial charge on any atom is 1.00 e. The average Bonchev–Trinajstić information content (AvgIpc) is 1.97. The minimum Gasteiger partial charge on any atom is -0.264 e. The second-order valence-corrected chi connectivity index (χ2v) is 2.04. The second-order valence-electron chi connectivity index (χ2n) is 2.04. The molecule has 0 heterocycles. The molecule has 0 amide bonds. The smallest absolute Gasteiger partial charge is 0.264 e. The Labute approximate surface area is 172 Å². The molecule has 0 fully saturated rings. The van der Waals surface area contributed by atoms with Gasteiger partial charge in [-0.3, -0.25) is 40.5 Å². The van der Waals surface area contributed by atoms with Crippen LogP contribution in [0.15, 0.2) is 0 Å². The third-order valence-electron chi connectivity index (χ3n) is 1.22. The molecule has 0 aliphatic rings. The number of hydrogen-bond donors (Lipinski definition) is 0. The molecule has 0 saturated carbocycles. The van der Waals surface area contributed by atoms with Gasteiger partial charge in [0, 0.05) is 4.92 Å². The van der Waals surface area contributed by atoms with E-state index in [4.69, 9.17) is 0 Å². The first kappa shape index (κ1) is 22.1. The topological polar surface area (TPSA) is 173 Å². The summed E-state index contributed by atoms with van der Waals surface area (Å²) in [7, 11) is 0. The molecule has 0 spiro atoms. The maximum atomic E-state index is 10.1. The maximum absolute atomic E-state index is 10.1. The van der Waals surface area contributed by atoms with Gasteiger partial charge < -0.3 is 0 Å². The summed E-state index contributed by atoms with van der Waals surface area (Å²) in [6.07, 6.45) is 0. The van der Waals surface area contributed by atoms with Crippen LogP contribution in [0.3, 0.4) is 0 Å². The van der Waals surface area contributed by atoms with Gasteiger partial charge in [-0.2, -0.15) is 0 Å². The number of nitro groups is 4. The number of nitrogens with zero attached hydrogens (tertiary/aromatic N) is 4. The SMILES string of the molecule is O=[N+]([O-])CC([N+](=O)[O-])([N+](=O)[O-])[N+](=O)[O-].[K+].[K+]. The molecule has 0 aromatic carbocycles. The van der Waals surface area contributed by atoms with Crippen molar-refractivity contribution in [1.82, 2.24) is 0 Å². The molecule has 12 nitrogen and oxygen atoms in total. The Bertz CT molecular complexity index is 281. The molecule has 0 N–H and O–H groups in total. The molecular weight excluding hydrogens is 286 g/mol. The summed E-state index contributed by atoms with van der Waals surface area (Å²) < 4.78 is 0. The third-order valence-corrected chi connectivity index (χ3v) is 1.22. The minimum absolute atomic E-state index is 0. The Morgan fingerprint density at radius 2 is 1.00 bits per heavy atom. The summed E-state index contributed by atoms with van der Waals surface area (Å²) in [6, 6.07) is 0. The van der Waals surface area contributed by atoms with Crippen LogP contribution in [0.5, 0.6) is 0 Å². The van der Waals surface area contributed by atoms with E-state index in [1.165, 1.54) is 0 Å². The van der Waals surface area contributed by atoms with Crippen molar-refractivity contribution < 1.29 is 122 Å².